The maximum Gasteiger partial charge on any atom is 0.434 e. The van der Waals surface area contributed by atoms with Crippen LogP contribution >= 0.6 is 0 Å². The van der Waals surface area contributed by atoms with E-state index in [1.54, 1.807) is 0 Å². The van der Waals surface area contributed by atoms with Gasteiger partial charge in [0.25, 0.3) is 6.10 Å². The van der Waals surface area contributed by atoms with E-state index in [-0.39, 0.29) is 6.42 Å². The number of carboxylic acids is 1. The summed E-state index contributed by atoms with van der Waals surface area (Å²) >= 11 is 0. The van der Waals surface area contributed by atoms with Crippen molar-refractivity contribution in [1.29, 1.82) is 0 Å². The Bertz CT molecular complexity index is 482. The highest BCUT2D eigenvalue weighted by Crippen LogP contribution is 2.40. The number of alkyl halides is 9. The predicted molar refractivity (Wildman–Crippen MR) is 73.5 cm³/mol. The second-order valence-electron chi connectivity index (χ2n) is 5.70. The number of aliphatic carboxylic acids is 1. The Hall–Kier alpha value is -1.69. The average Bonchev–Trinajstić information content (AvgIpc) is 2.47. The number of rotatable bonds is 5. The molecule has 27 heavy (non-hydrogen) atoms. The quantitative estimate of drug-likeness (QED) is 0.494. The first kappa shape index (κ1) is 27.5. The Kier molecular flexibility index (Phi) is 9.67. The smallest absolute Gasteiger partial charge is 0.434 e. The van der Waals surface area contributed by atoms with Gasteiger partial charge in [0, 0.05) is 0 Å². The Labute approximate surface area is 148 Å². The minimum Gasteiger partial charge on any atom is -0.481 e. The molecule has 0 aromatic heterocycles. The second kappa shape index (κ2) is 9.49. The molecule has 4 nitrogen and oxygen atoms in total. The molecular formula is C14H19F9O4. The number of hydrogen-bond donors (Lipinski definition) is 1. The van der Waals surface area contributed by atoms with E-state index in [9.17, 15) is 49.1 Å². The molecule has 0 fully saturated rings. The summed E-state index contributed by atoms with van der Waals surface area (Å²) in [5, 5.41) is 8.25. The zero-order chi connectivity index (χ0) is 22.4. The van der Waals surface area contributed by atoms with Crippen molar-refractivity contribution < 1.29 is 58.9 Å². The molecule has 0 aromatic rings. The molecule has 0 saturated heterocycles. The lowest BCUT2D eigenvalue weighted by atomic mass is 9.87. The number of carboxylic acid groups (broad SMARTS) is 1. The van der Waals surface area contributed by atoms with E-state index in [1.165, 1.54) is 20.8 Å². The molecule has 0 heterocycles. The van der Waals surface area contributed by atoms with Crippen LogP contribution in [0.5, 0.6) is 0 Å². The van der Waals surface area contributed by atoms with Gasteiger partial charge in [-0.05, 0) is 19.8 Å². The van der Waals surface area contributed by atoms with Gasteiger partial charge in [-0.25, -0.2) is 0 Å². The maximum absolute atomic E-state index is 12.0. The van der Waals surface area contributed by atoms with E-state index < -0.39 is 54.3 Å². The molecule has 162 valence electrons. The van der Waals surface area contributed by atoms with Crippen LogP contribution in [-0.2, 0) is 14.3 Å². The Balaban J connectivity index is 0. The third-order valence-corrected chi connectivity index (χ3v) is 3.65. The van der Waals surface area contributed by atoms with Crippen LogP contribution in [0, 0.1) is 11.3 Å². The van der Waals surface area contributed by atoms with Crippen molar-refractivity contribution in [3.63, 3.8) is 0 Å². The Morgan fingerprint density at radius 1 is 0.926 bits per heavy atom. The minimum absolute atomic E-state index is 0.0985. The van der Waals surface area contributed by atoms with Crippen LogP contribution in [0.25, 0.3) is 0 Å². The molecule has 0 amide bonds. The fourth-order valence-corrected chi connectivity index (χ4v) is 1.19. The molecule has 0 saturated carbocycles. The summed E-state index contributed by atoms with van der Waals surface area (Å²) in [7, 11) is 0. The van der Waals surface area contributed by atoms with Gasteiger partial charge >= 0.3 is 30.5 Å². The number of esters is 1. The van der Waals surface area contributed by atoms with Gasteiger partial charge in [0.15, 0.2) is 5.41 Å². The Morgan fingerprint density at radius 2 is 1.30 bits per heavy atom. The van der Waals surface area contributed by atoms with Gasteiger partial charge in [-0.15, -0.1) is 0 Å². The molecule has 0 aliphatic rings. The summed E-state index contributed by atoms with van der Waals surface area (Å²) in [6.45, 7) is 4.51. The number of carbonyl (C=O) groups is 2. The molecule has 0 aliphatic carbocycles. The molecule has 0 rings (SSSR count). The lowest BCUT2D eigenvalue weighted by Gasteiger charge is -2.25. The van der Waals surface area contributed by atoms with Crippen molar-refractivity contribution in [3.8, 4) is 0 Å². The molecule has 0 spiro atoms. The van der Waals surface area contributed by atoms with Crippen LogP contribution < -0.4 is 0 Å². The number of ether oxygens (including phenoxy) is 1. The van der Waals surface area contributed by atoms with Crippen LogP contribution in [0.2, 0.25) is 0 Å². The van der Waals surface area contributed by atoms with Gasteiger partial charge in [0.2, 0.25) is 0 Å². The fourth-order valence-electron chi connectivity index (χ4n) is 1.19. The van der Waals surface area contributed by atoms with E-state index in [0.29, 0.717) is 6.92 Å². The highest BCUT2D eigenvalue weighted by atomic mass is 19.4. The molecular weight excluding hydrogens is 403 g/mol. The first-order valence-corrected chi connectivity index (χ1v) is 7.39. The highest BCUT2D eigenvalue weighted by Gasteiger charge is 2.60. The van der Waals surface area contributed by atoms with Gasteiger partial charge in [0.1, 0.15) is 0 Å². The van der Waals surface area contributed by atoms with E-state index >= 15 is 0 Å². The molecule has 2 atom stereocenters. The topological polar surface area (TPSA) is 63.6 Å². The van der Waals surface area contributed by atoms with Crippen LogP contribution in [0.3, 0.4) is 0 Å². The zero-order valence-electron chi connectivity index (χ0n) is 14.6. The van der Waals surface area contributed by atoms with Crippen molar-refractivity contribution >= 4 is 11.9 Å². The summed E-state index contributed by atoms with van der Waals surface area (Å²) in [5.74, 6) is -4.35. The average molecular weight is 422 g/mol. The molecule has 13 heteroatoms. The summed E-state index contributed by atoms with van der Waals surface area (Å²) in [6.07, 6.45) is -20.4. The predicted octanol–water partition coefficient (Wildman–Crippen LogP) is 5.12. The van der Waals surface area contributed by atoms with Crippen molar-refractivity contribution in [2.75, 3.05) is 0 Å². The van der Waals surface area contributed by atoms with Crippen molar-refractivity contribution in [3.05, 3.63) is 0 Å². The Morgan fingerprint density at radius 3 is 1.44 bits per heavy atom. The van der Waals surface area contributed by atoms with Gasteiger partial charge in [-0.3, -0.25) is 9.59 Å². The zero-order valence-corrected chi connectivity index (χ0v) is 14.6. The molecule has 0 aromatic carbocycles. The third-order valence-electron chi connectivity index (χ3n) is 3.65. The molecule has 0 bridgehead atoms. The van der Waals surface area contributed by atoms with Crippen molar-refractivity contribution in [2.45, 2.75) is 65.2 Å². The van der Waals surface area contributed by atoms with E-state index in [1.807, 2.05) is 0 Å². The van der Waals surface area contributed by atoms with Crippen LogP contribution in [0.1, 0.15) is 40.5 Å². The largest absolute Gasteiger partial charge is 0.481 e. The highest BCUT2D eigenvalue weighted by molar-refractivity contribution is 5.75. The normalized spacial score (nSPS) is 16.1. The molecule has 0 aliphatic heterocycles. The van der Waals surface area contributed by atoms with Gasteiger partial charge < -0.3 is 9.84 Å². The van der Waals surface area contributed by atoms with E-state index in [2.05, 4.69) is 4.74 Å². The molecule has 0 radical (unpaired) electrons. The fraction of sp³-hybridized carbons (Fsp3) is 0.857. The first-order valence-electron chi connectivity index (χ1n) is 7.39. The second-order valence-corrected chi connectivity index (χ2v) is 5.70. The monoisotopic (exact) mass is 422 g/mol. The number of carbonyl (C=O) groups excluding carboxylic acids is 1. The SMILES string of the molecule is CCC(C)(C(=O)O)C(F)(F)F.CCC(C)C(=O)OC(C(F)(F)F)C(F)(F)F. The summed E-state index contributed by atoms with van der Waals surface area (Å²) in [5.41, 5.74) is -2.60. The van der Waals surface area contributed by atoms with Gasteiger partial charge in [-0.1, -0.05) is 20.8 Å². The lowest BCUT2D eigenvalue weighted by Crippen LogP contribution is -2.46. The molecule has 2 unspecified atom stereocenters. The third kappa shape index (κ3) is 8.24. The number of halogens is 9. The van der Waals surface area contributed by atoms with E-state index in [4.69, 9.17) is 5.11 Å². The minimum atomic E-state index is -5.65. The standard InChI is InChI=1S/C8H10F6O2.C6H9F3O2/c1-3-4(2)5(15)16-6(7(9,10)11)8(12,13)14;1-3-5(2,4(10)11)6(7,8)9/h4,6H,3H2,1-2H3;3H2,1-2H3,(H,10,11). The van der Waals surface area contributed by atoms with Crippen molar-refractivity contribution in [2.24, 2.45) is 11.3 Å². The number of hydrogen-bond acceptors (Lipinski definition) is 3. The van der Waals surface area contributed by atoms with Crippen molar-refractivity contribution in [1.82, 2.24) is 0 Å². The van der Waals surface area contributed by atoms with Crippen LogP contribution in [0.15, 0.2) is 0 Å². The lowest BCUT2D eigenvalue weighted by molar-refractivity contribution is -0.314. The van der Waals surface area contributed by atoms with Crippen LogP contribution in [0.4, 0.5) is 39.5 Å². The summed E-state index contributed by atoms with van der Waals surface area (Å²) < 4.78 is 111. The van der Waals surface area contributed by atoms with E-state index in [0.717, 1.165) is 0 Å². The molecule has 1 N–H and O–H groups in total. The first-order chi connectivity index (χ1) is 11.8. The maximum atomic E-state index is 12.0. The summed E-state index contributed by atoms with van der Waals surface area (Å²) in [4.78, 5) is 21.0. The van der Waals surface area contributed by atoms with Gasteiger partial charge in [0.05, 0.1) is 5.92 Å². The van der Waals surface area contributed by atoms with Crippen LogP contribution in [-0.4, -0.2) is 41.7 Å². The van der Waals surface area contributed by atoms with Gasteiger partial charge in [-0.2, -0.15) is 39.5 Å². The summed E-state index contributed by atoms with van der Waals surface area (Å²) in [6, 6.07) is 0.